The Kier molecular flexibility index (Phi) is 2.70. The minimum atomic E-state index is 0.287. The van der Waals surface area contributed by atoms with Crippen LogP contribution in [0.2, 0.25) is 0 Å². The largest absolute Gasteiger partial charge is 0.396 e. The molecule has 0 aromatic carbocycles. The van der Waals surface area contributed by atoms with Crippen molar-refractivity contribution in [2.24, 2.45) is 23.7 Å². The molecule has 13 heavy (non-hydrogen) atoms. The van der Waals surface area contributed by atoms with Gasteiger partial charge in [0.15, 0.2) is 0 Å². The van der Waals surface area contributed by atoms with E-state index in [0.29, 0.717) is 30.3 Å². The van der Waals surface area contributed by atoms with Crippen LogP contribution >= 0.6 is 0 Å². The number of hydrogen-bond acceptors (Lipinski definition) is 2. The maximum Gasteiger partial charge on any atom is 0.0467 e. The first kappa shape index (κ1) is 9.22. The summed E-state index contributed by atoms with van der Waals surface area (Å²) in [5.41, 5.74) is 0. The van der Waals surface area contributed by atoms with Crippen molar-refractivity contribution >= 4 is 0 Å². The van der Waals surface area contributed by atoms with Crippen molar-refractivity contribution in [3.05, 3.63) is 12.2 Å². The van der Waals surface area contributed by atoms with Crippen LogP contribution in [0.3, 0.4) is 0 Å². The molecule has 2 bridgehead atoms. The Bertz CT molecular complexity index is 200. The average molecular weight is 182 g/mol. The molecule has 2 rings (SSSR count). The highest BCUT2D eigenvalue weighted by molar-refractivity contribution is 5.13. The number of aliphatic hydroxyl groups is 2. The molecule has 1 fully saturated rings. The van der Waals surface area contributed by atoms with E-state index >= 15 is 0 Å². The molecule has 0 heterocycles. The summed E-state index contributed by atoms with van der Waals surface area (Å²) >= 11 is 0. The molecule has 0 amide bonds. The third kappa shape index (κ3) is 1.53. The highest BCUT2D eigenvalue weighted by Crippen LogP contribution is 2.49. The van der Waals surface area contributed by atoms with Gasteiger partial charge in [-0.2, -0.15) is 0 Å². The second-order valence-corrected chi connectivity index (χ2v) is 4.32. The number of allylic oxidation sites excluding steroid dienone is 2. The average Bonchev–Trinajstić information content (AvgIpc) is 2.73. The van der Waals surface area contributed by atoms with Gasteiger partial charge >= 0.3 is 0 Å². The highest BCUT2D eigenvalue weighted by atomic mass is 16.3. The van der Waals surface area contributed by atoms with Crippen LogP contribution in [0.1, 0.15) is 19.3 Å². The van der Waals surface area contributed by atoms with Crippen molar-refractivity contribution in [1.82, 2.24) is 0 Å². The van der Waals surface area contributed by atoms with E-state index in [2.05, 4.69) is 12.2 Å². The smallest absolute Gasteiger partial charge is 0.0467 e. The molecule has 2 heteroatoms. The Morgan fingerprint density at radius 1 is 1.08 bits per heavy atom. The van der Waals surface area contributed by atoms with Crippen LogP contribution in [-0.2, 0) is 0 Å². The summed E-state index contributed by atoms with van der Waals surface area (Å²) in [5.74, 6) is 2.42. The van der Waals surface area contributed by atoms with Crippen molar-refractivity contribution in [2.75, 3.05) is 13.2 Å². The molecule has 4 atom stereocenters. The van der Waals surface area contributed by atoms with Crippen molar-refractivity contribution in [2.45, 2.75) is 19.3 Å². The molecule has 1 saturated carbocycles. The van der Waals surface area contributed by atoms with E-state index < -0.39 is 0 Å². The lowest BCUT2D eigenvalue weighted by molar-refractivity contribution is 0.151. The molecule has 0 aliphatic heterocycles. The van der Waals surface area contributed by atoms with Crippen LogP contribution in [0, 0.1) is 23.7 Å². The molecule has 0 radical (unpaired) electrons. The first-order valence-electron chi connectivity index (χ1n) is 5.27. The summed E-state index contributed by atoms with van der Waals surface area (Å²) in [6.45, 7) is 0.608. The third-order valence-corrected chi connectivity index (χ3v) is 3.71. The molecule has 2 N–H and O–H groups in total. The molecule has 4 unspecified atom stereocenters. The molecule has 0 saturated heterocycles. The van der Waals surface area contributed by atoms with Gasteiger partial charge in [0.25, 0.3) is 0 Å². The molecule has 2 nitrogen and oxygen atoms in total. The van der Waals surface area contributed by atoms with Crippen LogP contribution in [0.15, 0.2) is 12.2 Å². The van der Waals surface area contributed by atoms with Gasteiger partial charge in [0.2, 0.25) is 0 Å². The summed E-state index contributed by atoms with van der Waals surface area (Å²) in [5, 5.41) is 18.0. The van der Waals surface area contributed by atoms with Crippen molar-refractivity contribution in [3.8, 4) is 0 Å². The van der Waals surface area contributed by atoms with E-state index in [1.807, 2.05) is 0 Å². The molecular weight excluding hydrogens is 164 g/mol. The minimum absolute atomic E-state index is 0.287. The van der Waals surface area contributed by atoms with Gasteiger partial charge < -0.3 is 10.2 Å². The fourth-order valence-electron chi connectivity index (χ4n) is 3.05. The molecule has 74 valence electrons. The number of rotatable bonds is 4. The lowest BCUT2D eigenvalue weighted by atomic mass is 9.81. The first-order chi connectivity index (χ1) is 6.36. The SMILES string of the molecule is OCCCC1C2C=CC(C2)C1CO. The normalized spacial score (nSPS) is 41.7. The van der Waals surface area contributed by atoms with Gasteiger partial charge in [0, 0.05) is 13.2 Å². The van der Waals surface area contributed by atoms with Gasteiger partial charge in [-0.05, 0) is 42.9 Å². The fraction of sp³-hybridized carbons (Fsp3) is 0.818. The van der Waals surface area contributed by atoms with Crippen molar-refractivity contribution in [3.63, 3.8) is 0 Å². The van der Waals surface area contributed by atoms with Gasteiger partial charge in [-0.3, -0.25) is 0 Å². The van der Waals surface area contributed by atoms with Crippen molar-refractivity contribution in [1.29, 1.82) is 0 Å². The lowest BCUT2D eigenvalue weighted by Gasteiger charge is -2.26. The van der Waals surface area contributed by atoms with Gasteiger partial charge in [0.1, 0.15) is 0 Å². The summed E-state index contributed by atoms with van der Waals surface area (Å²) in [6.07, 6.45) is 7.77. The second kappa shape index (κ2) is 3.81. The Balaban J connectivity index is 1.97. The van der Waals surface area contributed by atoms with Crippen LogP contribution < -0.4 is 0 Å². The molecule has 2 aliphatic rings. The summed E-state index contributed by atoms with van der Waals surface area (Å²) in [7, 11) is 0. The maximum absolute atomic E-state index is 9.26. The minimum Gasteiger partial charge on any atom is -0.396 e. The third-order valence-electron chi connectivity index (χ3n) is 3.71. The predicted octanol–water partition coefficient (Wildman–Crippen LogP) is 1.19. The van der Waals surface area contributed by atoms with E-state index in [1.165, 1.54) is 6.42 Å². The zero-order chi connectivity index (χ0) is 9.26. The zero-order valence-electron chi connectivity index (χ0n) is 7.89. The fourth-order valence-corrected chi connectivity index (χ4v) is 3.05. The predicted molar refractivity (Wildman–Crippen MR) is 51.1 cm³/mol. The number of hydrogen-bond donors (Lipinski definition) is 2. The van der Waals surface area contributed by atoms with Gasteiger partial charge in [-0.1, -0.05) is 12.2 Å². The molecule has 0 aromatic heterocycles. The Morgan fingerprint density at radius 2 is 1.77 bits per heavy atom. The summed E-state index contributed by atoms with van der Waals surface area (Å²) in [4.78, 5) is 0. The molecular formula is C11H18O2. The lowest BCUT2D eigenvalue weighted by Crippen LogP contribution is -2.23. The van der Waals surface area contributed by atoms with E-state index in [1.54, 1.807) is 0 Å². The van der Waals surface area contributed by atoms with E-state index in [4.69, 9.17) is 5.11 Å². The Morgan fingerprint density at radius 3 is 2.38 bits per heavy atom. The quantitative estimate of drug-likeness (QED) is 0.641. The van der Waals surface area contributed by atoms with Crippen LogP contribution in [-0.4, -0.2) is 23.4 Å². The van der Waals surface area contributed by atoms with Gasteiger partial charge in [0.05, 0.1) is 0 Å². The maximum atomic E-state index is 9.26. The topological polar surface area (TPSA) is 40.5 Å². The second-order valence-electron chi connectivity index (χ2n) is 4.32. The van der Waals surface area contributed by atoms with Gasteiger partial charge in [-0.15, -0.1) is 0 Å². The molecule has 0 spiro atoms. The van der Waals surface area contributed by atoms with Crippen LogP contribution in [0.25, 0.3) is 0 Å². The molecule has 0 aromatic rings. The van der Waals surface area contributed by atoms with Gasteiger partial charge in [-0.25, -0.2) is 0 Å². The first-order valence-corrected chi connectivity index (χ1v) is 5.27. The van der Waals surface area contributed by atoms with E-state index in [-0.39, 0.29) is 6.61 Å². The molecule has 2 aliphatic carbocycles. The number of fused-ring (bicyclic) bond motifs is 2. The highest BCUT2D eigenvalue weighted by Gasteiger charge is 2.43. The standard InChI is InChI=1S/C11H18O2/c12-5-1-2-10-8-3-4-9(6-8)11(10)7-13/h3-4,8-13H,1-2,5-7H2. The van der Waals surface area contributed by atoms with Crippen LogP contribution in [0.5, 0.6) is 0 Å². The Hall–Kier alpha value is -0.340. The Labute approximate surface area is 79.3 Å². The van der Waals surface area contributed by atoms with Crippen molar-refractivity contribution < 1.29 is 10.2 Å². The monoisotopic (exact) mass is 182 g/mol. The number of aliphatic hydroxyl groups excluding tert-OH is 2. The zero-order valence-corrected chi connectivity index (χ0v) is 7.89. The van der Waals surface area contributed by atoms with Crippen LogP contribution in [0.4, 0.5) is 0 Å². The summed E-state index contributed by atoms with van der Waals surface area (Å²) in [6, 6.07) is 0. The summed E-state index contributed by atoms with van der Waals surface area (Å²) < 4.78 is 0. The van der Waals surface area contributed by atoms with E-state index in [9.17, 15) is 5.11 Å². The van der Waals surface area contributed by atoms with E-state index in [0.717, 1.165) is 12.8 Å².